The maximum atomic E-state index is 12.2. The highest BCUT2D eigenvalue weighted by Gasteiger charge is 2.25. The molecular formula is C22H24N2O5. The molecule has 2 amide bonds. The quantitative estimate of drug-likeness (QED) is 0.323. The Kier molecular flexibility index (Phi) is 8.37. The van der Waals surface area contributed by atoms with Crippen molar-refractivity contribution >= 4 is 11.8 Å². The molecule has 7 nitrogen and oxygen atoms in total. The summed E-state index contributed by atoms with van der Waals surface area (Å²) in [5, 5.41) is 20.6. The number of hydrogen-bond donors (Lipinski definition) is 4. The number of ether oxygens (including phenoxy) is 1. The first-order valence-corrected chi connectivity index (χ1v) is 9.16. The van der Waals surface area contributed by atoms with Crippen molar-refractivity contribution in [1.82, 2.24) is 10.8 Å². The van der Waals surface area contributed by atoms with Gasteiger partial charge < -0.3 is 15.2 Å². The van der Waals surface area contributed by atoms with E-state index in [0.717, 1.165) is 16.7 Å². The summed E-state index contributed by atoms with van der Waals surface area (Å²) < 4.78 is 5.36. The molecule has 7 heteroatoms. The van der Waals surface area contributed by atoms with Gasteiger partial charge in [0, 0.05) is 23.3 Å². The number of aliphatic hydroxyl groups is 1. The lowest BCUT2D eigenvalue weighted by Gasteiger charge is -2.19. The van der Waals surface area contributed by atoms with Gasteiger partial charge in [-0.25, -0.2) is 5.48 Å². The predicted molar refractivity (Wildman–Crippen MR) is 107 cm³/mol. The fourth-order valence-corrected chi connectivity index (χ4v) is 2.45. The van der Waals surface area contributed by atoms with Gasteiger partial charge in [0.05, 0.1) is 12.7 Å². The lowest BCUT2D eigenvalue weighted by atomic mass is 10.1. The van der Waals surface area contributed by atoms with Crippen LogP contribution in [0.1, 0.15) is 40.9 Å². The van der Waals surface area contributed by atoms with Crippen molar-refractivity contribution in [2.45, 2.75) is 32.6 Å². The first kappa shape index (κ1) is 22.1. The van der Waals surface area contributed by atoms with Crippen LogP contribution in [0, 0.1) is 11.8 Å². The second-order valence-electron chi connectivity index (χ2n) is 6.33. The van der Waals surface area contributed by atoms with Crippen LogP contribution in [0.15, 0.2) is 48.5 Å². The monoisotopic (exact) mass is 396 g/mol. The molecule has 0 fully saturated rings. The van der Waals surface area contributed by atoms with E-state index in [9.17, 15) is 14.7 Å². The smallest absolute Gasteiger partial charge is 0.268 e. The van der Waals surface area contributed by atoms with E-state index in [1.165, 1.54) is 12.4 Å². The van der Waals surface area contributed by atoms with Gasteiger partial charge in [0.25, 0.3) is 11.8 Å². The van der Waals surface area contributed by atoms with Crippen molar-refractivity contribution in [2.75, 3.05) is 6.61 Å². The highest BCUT2D eigenvalue weighted by atomic mass is 16.5. The van der Waals surface area contributed by atoms with Crippen molar-refractivity contribution in [2.24, 2.45) is 0 Å². The Labute approximate surface area is 169 Å². The van der Waals surface area contributed by atoms with Crippen LogP contribution in [0.5, 0.6) is 0 Å². The van der Waals surface area contributed by atoms with Crippen LogP contribution in [-0.4, -0.2) is 40.9 Å². The van der Waals surface area contributed by atoms with Crippen molar-refractivity contribution in [1.29, 1.82) is 0 Å². The zero-order chi connectivity index (χ0) is 21.2. The molecule has 0 bridgehead atoms. The summed E-state index contributed by atoms with van der Waals surface area (Å²) in [6.45, 7) is 4.53. The first-order valence-electron chi connectivity index (χ1n) is 9.16. The Bertz CT molecular complexity index is 880. The van der Waals surface area contributed by atoms with Crippen LogP contribution in [0.2, 0.25) is 0 Å². The van der Waals surface area contributed by atoms with E-state index in [-0.39, 0.29) is 0 Å². The van der Waals surface area contributed by atoms with E-state index in [0.29, 0.717) is 18.8 Å². The number of amides is 2. The van der Waals surface area contributed by atoms with Gasteiger partial charge in [-0.1, -0.05) is 24.0 Å². The molecule has 0 saturated heterocycles. The van der Waals surface area contributed by atoms with Crippen molar-refractivity contribution < 1.29 is 24.6 Å². The minimum absolute atomic E-state index is 0.298. The van der Waals surface area contributed by atoms with E-state index in [1.807, 2.05) is 31.2 Å². The molecule has 0 aromatic heterocycles. The molecule has 0 aliphatic carbocycles. The molecule has 0 saturated carbocycles. The van der Waals surface area contributed by atoms with E-state index < -0.39 is 24.0 Å². The maximum absolute atomic E-state index is 12.2. The number of nitrogens with one attached hydrogen (secondary N) is 2. The molecule has 0 unspecified atom stereocenters. The highest BCUT2D eigenvalue weighted by Crippen LogP contribution is 2.07. The molecule has 0 spiro atoms. The van der Waals surface area contributed by atoms with Gasteiger partial charge in [-0.15, -0.1) is 0 Å². The Morgan fingerprint density at radius 1 is 1.03 bits per heavy atom. The van der Waals surface area contributed by atoms with Crippen molar-refractivity contribution in [3.63, 3.8) is 0 Å². The topological polar surface area (TPSA) is 108 Å². The molecule has 29 heavy (non-hydrogen) atoms. The molecule has 2 atom stereocenters. The van der Waals surface area contributed by atoms with Crippen LogP contribution in [0.4, 0.5) is 0 Å². The predicted octanol–water partition coefficient (Wildman–Crippen LogP) is 1.61. The summed E-state index contributed by atoms with van der Waals surface area (Å²) in [4.78, 5) is 23.8. The number of benzene rings is 2. The third-order valence-corrected chi connectivity index (χ3v) is 4.09. The van der Waals surface area contributed by atoms with Crippen LogP contribution < -0.4 is 10.8 Å². The van der Waals surface area contributed by atoms with Gasteiger partial charge in [0.1, 0.15) is 6.04 Å². The number of carbonyl (C=O) groups is 2. The first-order chi connectivity index (χ1) is 13.9. The molecular weight excluding hydrogens is 372 g/mol. The molecule has 0 aliphatic rings. The standard InChI is InChI=1S/C22H24N2O5/c1-3-29-14-18-8-6-16(7-9-18)4-5-17-10-12-19(13-11-17)21(26)23-20(15(2)25)22(27)24-28/h6-13,15,20,25,28H,3,14H2,1-2H3,(H,23,26)(H,24,27)/t15-,20+/m1/s1. The number of hydroxylamine groups is 1. The van der Waals surface area contributed by atoms with Gasteiger partial charge in [-0.2, -0.15) is 0 Å². The van der Waals surface area contributed by atoms with E-state index in [4.69, 9.17) is 9.94 Å². The normalized spacial score (nSPS) is 12.3. The molecule has 2 aromatic carbocycles. The van der Waals surface area contributed by atoms with Crippen molar-refractivity contribution in [3.05, 3.63) is 70.8 Å². The fraction of sp³-hybridized carbons (Fsp3) is 0.273. The summed E-state index contributed by atoms with van der Waals surface area (Å²) in [5.74, 6) is 4.63. The average Bonchev–Trinajstić information content (AvgIpc) is 2.74. The average molecular weight is 396 g/mol. The Morgan fingerprint density at radius 3 is 2.07 bits per heavy atom. The molecule has 0 aliphatic heterocycles. The second kappa shape index (κ2) is 11.0. The molecule has 0 radical (unpaired) electrons. The number of hydrogen-bond acceptors (Lipinski definition) is 5. The molecule has 2 rings (SSSR count). The van der Waals surface area contributed by atoms with Crippen LogP contribution in [0.25, 0.3) is 0 Å². The molecule has 152 valence electrons. The third-order valence-electron chi connectivity index (χ3n) is 4.09. The SMILES string of the molecule is CCOCc1ccc(C#Cc2ccc(C(=O)N[C@H](C(=O)NO)[C@@H](C)O)cc2)cc1. The molecule has 2 aromatic rings. The van der Waals surface area contributed by atoms with E-state index in [1.54, 1.807) is 24.3 Å². The lowest BCUT2D eigenvalue weighted by Crippen LogP contribution is -2.51. The Balaban J connectivity index is 2.02. The van der Waals surface area contributed by atoms with Gasteiger partial charge in [0.15, 0.2) is 0 Å². The van der Waals surface area contributed by atoms with Gasteiger partial charge >= 0.3 is 0 Å². The summed E-state index contributed by atoms with van der Waals surface area (Å²) in [5.41, 5.74) is 4.38. The van der Waals surface area contributed by atoms with Crippen LogP contribution in [0.3, 0.4) is 0 Å². The second-order valence-corrected chi connectivity index (χ2v) is 6.33. The largest absolute Gasteiger partial charge is 0.391 e. The zero-order valence-electron chi connectivity index (χ0n) is 16.3. The minimum Gasteiger partial charge on any atom is -0.391 e. The van der Waals surface area contributed by atoms with Crippen molar-refractivity contribution in [3.8, 4) is 11.8 Å². The minimum atomic E-state index is -1.27. The fourth-order valence-electron chi connectivity index (χ4n) is 2.45. The van der Waals surface area contributed by atoms with E-state index in [2.05, 4.69) is 17.2 Å². The number of aliphatic hydroxyl groups excluding tert-OH is 1. The maximum Gasteiger partial charge on any atom is 0.268 e. The summed E-state index contributed by atoms with van der Waals surface area (Å²) in [6, 6.07) is 13.0. The number of rotatable bonds is 7. The van der Waals surface area contributed by atoms with Gasteiger partial charge in [-0.05, 0) is 55.8 Å². The lowest BCUT2D eigenvalue weighted by molar-refractivity contribution is -0.133. The van der Waals surface area contributed by atoms with Gasteiger partial charge in [0.2, 0.25) is 0 Å². The van der Waals surface area contributed by atoms with Gasteiger partial charge in [-0.3, -0.25) is 14.8 Å². The van der Waals surface area contributed by atoms with Crippen LogP contribution in [-0.2, 0) is 16.1 Å². The molecule has 4 N–H and O–H groups in total. The summed E-state index contributed by atoms with van der Waals surface area (Å²) in [6.07, 6.45) is -1.17. The Hall–Kier alpha value is -3.18. The number of carbonyl (C=O) groups excluding carboxylic acids is 2. The zero-order valence-corrected chi connectivity index (χ0v) is 16.3. The third kappa shape index (κ3) is 6.73. The summed E-state index contributed by atoms with van der Waals surface area (Å²) in [7, 11) is 0. The highest BCUT2D eigenvalue weighted by molar-refractivity contribution is 5.97. The Morgan fingerprint density at radius 2 is 1.59 bits per heavy atom. The molecule has 0 heterocycles. The van der Waals surface area contributed by atoms with E-state index >= 15 is 0 Å². The summed E-state index contributed by atoms with van der Waals surface area (Å²) >= 11 is 0. The van der Waals surface area contributed by atoms with Crippen LogP contribution >= 0.6 is 0 Å².